The van der Waals surface area contributed by atoms with Crippen molar-refractivity contribution < 1.29 is 13.3 Å². The molecule has 13 rings (SSSR count). The lowest BCUT2D eigenvalue weighted by Gasteiger charge is -2.10. The van der Waals surface area contributed by atoms with E-state index in [1.54, 1.807) is 22.7 Å². The molecule has 0 saturated carbocycles. The Hall–Kier alpha value is -6.40. The summed E-state index contributed by atoms with van der Waals surface area (Å²) in [5, 5.41) is 18.3. The third-order valence-corrected chi connectivity index (χ3v) is 13.1. The van der Waals surface area contributed by atoms with Gasteiger partial charge >= 0.3 is 0 Å². The minimum atomic E-state index is 0.871. The molecule has 0 aliphatic carbocycles. The largest absolute Gasteiger partial charge is 0.456 e. The summed E-state index contributed by atoms with van der Waals surface area (Å²) in [4.78, 5) is 0. The Morgan fingerprint density at radius 1 is 0.283 bits per heavy atom. The zero-order chi connectivity index (χ0) is 34.4. The second kappa shape index (κ2) is 10.1. The fourth-order valence-corrected chi connectivity index (χ4v) is 10.8. The van der Waals surface area contributed by atoms with Crippen LogP contribution in [0.2, 0.25) is 0 Å². The smallest absolute Gasteiger partial charge is 0.136 e. The van der Waals surface area contributed by atoms with Crippen molar-refractivity contribution in [1.29, 1.82) is 0 Å². The van der Waals surface area contributed by atoms with Gasteiger partial charge in [0.05, 0.1) is 0 Å². The van der Waals surface area contributed by atoms with Gasteiger partial charge in [0.2, 0.25) is 0 Å². The Kier molecular flexibility index (Phi) is 5.40. The number of hydrogen-bond donors (Lipinski definition) is 0. The first-order chi connectivity index (χ1) is 26.2. The monoisotopic (exact) mass is 712 g/mol. The molecule has 3 nitrogen and oxygen atoms in total. The zero-order valence-electron chi connectivity index (χ0n) is 27.9. The topological polar surface area (TPSA) is 39.4 Å². The minimum absolute atomic E-state index is 0.871. The van der Waals surface area contributed by atoms with Crippen LogP contribution < -0.4 is 0 Å². The molecule has 0 aliphatic heterocycles. The molecule has 0 atom stereocenters. The molecule has 0 amide bonds. The lowest BCUT2D eigenvalue weighted by atomic mass is 9.90. The molecule has 0 N–H and O–H groups in total. The first kappa shape index (κ1) is 28.2. The molecule has 0 spiro atoms. The summed E-state index contributed by atoms with van der Waals surface area (Å²) < 4.78 is 22.6. The molecule has 13 aromatic rings. The number of fused-ring (bicyclic) bond motifs is 15. The fraction of sp³-hybridized carbons (Fsp3) is 0. The molecule has 0 saturated heterocycles. The Balaban J connectivity index is 1.25. The Bertz CT molecular complexity index is 3450. The van der Waals surface area contributed by atoms with Gasteiger partial charge in [0.1, 0.15) is 33.5 Å². The Morgan fingerprint density at radius 3 is 1.19 bits per heavy atom. The second-order valence-corrected chi connectivity index (χ2v) is 15.8. The number of furan rings is 3. The van der Waals surface area contributed by atoms with Crippen molar-refractivity contribution in [1.82, 2.24) is 0 Å². The van der Waals surface area contributed by atoms with E-state index in [4.69, 9.17) is 13.3 Å². The number of benzene rings is 8. The van der Waals surface area contributed by atoms with Crippen LogP contribution in [-0.2, 0) is 0 Å². The molecule has 0 aliphatic rings. The molecule has 53 heavy (non-hydrogen) atoms. The molecule has 0 radical (unpaired) electrons. The predicted molar refractivity (Wildman–Crippen MR) is 225 cm³/mol. The van der Waals surface area contributed by atoms with Crippen molar-refractivity contribution in [2.24, 2.45) is 0 Å². The summed E-state index contributed by atoms with van der Waals surface area (Å²) in [6.07, 6.45) is 0. The molecule has 0 bridgehead atoms. The average molecular weight is 713 g/mol. The van der Waals surface area contributed by atoms with Crippen LogP contribution in [0.3, 0.4) is 0 Å². The van der Waals surface area contributed by atoms with E-state index in [9.17, 15) is 0 Å². The van der Waals surface area contributed by atoms with E-state index in [2.05, 4.69) is 132 Å². The van der Waals surface area contributed by atoms with E-state index in [0.29, 0.717) is 0 Å². The number of thiophene rings is 2. The van der Waals surface area contributed by atoms with Crippen molar-refractivity contribution >= 4 is 130 Å². The SMILES string of the molecule is c1ccc2c(c1)oc1cc3c(-c4csc5ccccc45)cc4oc5cc(-c6csc7ccccc67)c6cc7oc8ccccc8c7cc6c5c4c3cc12. The van der Waals surface area contributed by atoms with Gasteiger partial charge in [-0.1, -0.05) is 72.8 Å². The summed E-state index contributed by atoms with van der Waals surface area (Å²) in [7, 11) is 0. The van der Waals surface area contributed by atoms with E-state index >= 15 is 0 Å². The van der Waals surface area contributed by atoms with Gasteiger partial charge in [-0.25, -0.2) is 0 Å². The molecule has 8 aromatic carbocycles. The Labute approximate surface area is 308 Å². The molecular weight excluding hydrogens is 689 g/mol. The fourth-order valence-electron chi connectivity index (χ4n) is 8.84. The lowest BCUT2D eigenvalue weighted by Crippen LogP contribution is -1.85. The summed E-state index contributed by atoms with van der Waals surface area (Å²) in [6.45, 7) is 0. The highest BCUT2D eigenvalue weighted by molar-refractivity contribution is 7.18. The normalized spacial score (nSPS) is 12.5. The third-order valence-electron chi connectivity index (χ3n) is 11.2. The summed E-state index contributed by atoms with van der Waals surface area (Å²) in [5.41, 5.74) is 9.98. The van der Waals surface area contributed by atoms with Crippen LogP contribution in [-0.4, -0.2) is 0 Å². The van der Waals surface area contributed by atoms with Crippen LogP contribution in [0.15, 0.2) is 157 Å². The van der Waals surface area contributed by atoms with Crippen molar-refractivity contribution in [3.63, 3.8) is 0 Å². The minimum Gasteiger partial charge on any atom is -0.456 e. The van der Waals surface area contributed by atoms with Gasteiger partial charge in [0.25, 0.3) is 0 Å². The van der Waals surface area contributed by atoms with Gasteiger partial charge in [-0.2, -0.15) is 0 Å². The van der Waals surface area contributed by atoms with E-state index in [1.165, 1.54) is 31.3 Å². The molecule has 5 heteroatoms. The highest BCUT2D eigenvalue weighted by Crippen LogP contribution is 2.50. The molecular formula is C48H24O3S2. The maximum absolute atomic E-state index is 7.09. The van der Waals surface area contributed by atoms with E-state index in [1.807, 2.05) is 12.1 Å². The lowest BCUT2D eigenvalue weighted by molar-refractivity contribution is 0.668. The van der Waals surface area contributed by atoms with Crippen LogP contribution >= 0.6 is 22.7 Å². The summed E-state index contributed by atoms with van der Waals surface area (Å²) in [5.74, 6) is 0. The van der Waals surface area contributed by atoms with Gasteiger partial charge in [-0.15, -0.1) is 22.7 Å². The maximum Gasteiger partial charge on any atom is 0.136 e. The van der Waals surface area contributed by atoms with E-state index < -0.39 is 0 Å². The van der Waals surface area contributed by atoms with Crippen molar-refractivity contribution in [3.05, 3.63) is 144 Å². The maximum atomic E-state index is 7.09. The van der Waals surface area contributed by atoms with Crippen LogP contribution in [0.4, 0.5) is 0 Å². The van der Waals surface area contributed by atoms with Crippen LogP contribution in [0.1, 0.15) is 0 Å². The van der Waals surface area contributed by atoms with Crippen molar-refractivity contribution in [2.45, 2.75) is 0 Å². The van der Waals surface area contributed by atoms with Gasteiger partial charge < -0.3 is 13.3 Å². The van der Waals surface area contributed by atoms with E-state index in [-0.39, 0.29) is 0 Å². The van der Waals surface area contributed by atoms with Gasteiger partial charge in [0.15, 0.2) is 0 Å². The predicted octanol–water partition coefficient (Wildman–Crippen LogP) is 15.5. The first-order valence-electron chi connectivity index (χ1n) is 17.7. The van der Waals surface area contributed by atoms with Gasteiger partial charge in [0, 0.05) is 63.6 Å². The highest BCUT2D eigenvalue weighted by Gasteiger charge is 2.24. The van der Waals surface area contributed by atoms with Gasteiger partial charge in [-0.05, 0) is 104 Å². The van der Waals surface area contributed by atoms with E-state index in [0.717, 1.165) is 98.5 Å². The summed E-state index contributed by atoms with van der Waals surface area (Å²) in [6, 6.07) is 47.7. The summed E-state index contributed by atoms with van der Waals surface area (Å²) >= 11 is 3.56. The van der Waals surface area contributed by atoms with Crippen LogP contribution in [0.5, 0.6) is 0 Å². The Morgan fingerprint density at radius 2 is 0.698 bits per heavy atom. The number of rotatable bonds is 2. The molecule has 0 fully saturated rings. The molecule has 5 aromatic heterocycles. The average Bonchev–Trinajstić information content (AvgIpc) is 4.03. The zero-order valence-corrected chi connectivity index (χ0v) is 29.5. The quantitative estimate of drug-likeness (QED) is 0.179. The standard InChI is InChI=1S/C48H24O3S2/c1-5-13-39-25(9-1)33-17-35-29(19-41(33)49-39)31(37-23-52-45-15-7-3-11-27(37)45)21-43-47(35)48-36-18-34-26-10-2-6-14-40(26)50-42(34)20-30(36)32(22-44(48)51-43)38-24-53-46-16-8-4-12-28(38)46/h1-24H. The number of para-hydroxylation sites is 2. The van der Waals surface area contributed by atoms with Crippen LogP contribution in [0, 0.1) is 0 Å². The molecule has 5 heterocycles. The first-order valence-corrected chi connectivity index (χ1v) is 19.5. The third kappa shape index (κ3) is 3.77. The van der Waals surface area contributed by atoms with Crippen LogP contribution in [0.25, 0.3) is 130 Å². The van der Waals surface area contributed by atoms with Gasteiger partial charge in [-0.3, -0.25) is 0 Å². The number of hydrogen-bond acceptors (Lipinski definition) is 5. The second-order valence-electron chi connectivity index (χ2n) is 14.0. The molecule has 246 valence electrons. The highest BCUT2D eigenvalue weighted by atomic mass is 32.1. The van der Waals surface area contributed by atoms with Crippen molar-refractivity contribution in [2.75, 3.05) is 0 Å². The molecule has 0 unspecified atom stereocenters. The van der Waals surface area contributed by atoms with Crippen molar-refractivity contribution in [3.8, 4) is 22.3 Å².